The first kappa shape index (κ1) is 23.2. The Hall–Kier alpha value is -2.97. The number of benzene rings is 2. The first-order valence-electron chi connectivity index (χ1n) is 11.3. The van der Waals surface area contributed by atoms with Gasteiger partial charge in [0.1, 0.15) is 5.56 Å². The van der Waals surface area contributed by atoms with E-state index in [1.165, 1.54) is 16.6 Å². The van der Waals surface area contributed by atoms with Crippen LogP contribution in [-0.4, -0.2) is 42.8 Å². The molecule has 4 rings (SSSR count). The van der Waals surface area contributed by atoms with Gasteiger partial charge in [-0.05, 0) is 43.0 Å². The minimum atomic E-state index is -3.70. The number of pyridine rings is 1. The molecule has 1 fully saturated rings. The number of carbonyl (C=O) groups is 1. The van der Waals surface area contributed by atoms with Crippen LogP contribution in [0.15, 0.2) is 64.4 Å². The highest BCUT2D eigenvalue weighted by Gasteiger charge is 2.26. The van der Waals surface area contributed by atoms with Crippen LogP contribution >= 0.6 is 0 Å². The molecule has 0 spiro atoms. The monoisotopic (exact) mass is 467 g/mol. The summed E-state index contributed by atoms with van der Waals surface area (Å²) < 4.78 is 29.6. The van der Waals surface area contributed by atoms with E-state index in [0.717, 1.165) is 31.2 Å². The Bertz CT molecular complexity index is 1310. The van der Waals surface area contributed by atoms with Crippen molar-refractivity contribution in [3.8, 4) is 0 Å². The van der Waals surface area contributed by atoms with Gasteiger partial charge in [0.15, 0.2) is 0 Å². The van der Waals surface area contributed by atoms with Gasteiger partial charge in [0, 0.05) is 38.3 Å². The third kappa shape index (κ3) is 5.02. The maximum Gasteiger partial charge on any atom is 0.256 e. The van der Waals surface area contributed by atoms with E-state index in [1.807, 2.05) is 30.3 Å². The molecule has 1 aromatic heterocycles. The van der Waals surface area contributed by atoms with E-state index in [0.29, 0.717) is 31.6 Å². The van der Waals surface area contributed by atoms with Gasteiger partial charge in [-0.15, -0.1) is 0 Å². The van der Waals surface area contributed by atoms with Crippen LogP contribution < -0.4 is 10.7 Å². The van der Waals surface area contributed by atoms with Gasteiger partial charge in [0.05, 0.1) is 10.4 Å². The highest BCUT2D eigenvalue weighted by Crippen LogP contribution is 2.23. The van der Waals surface area contributed by atoms with E-state index in [2.05, 4.69) is 5.32 Å². The third-order valence-electron chi connectivity index (χ3n) is 6.15. The minimum Gasteiger partial charge on any atom is -0.352 e. The fourth-order valence-electron chi connectivity index (χ4n) is 4.29. The molecular formula is C25H29N3O4S. The summed E-state index contributed by atoms with van der Waals surface area (Å²) in [5, 5.41) is 3.03. The molecule has 2 aromatic carbocycles. The second-order valence-corrected chi connectivity index (χ2v) is 10.4. The fraction of sp³-hybridized carbons (Fsp3) is 0.360. The lowest BCUT2D eigenvalue weighted by molar-refractivity contribution is 0.0952. The molecule has 0 aliphatic carbocycles. The van der Waals surface area contributed by atoms with Gasteiger partial charge in [0.25, 0.3) is 5.91 Å². The predicted octanol–water partition coefficient (Wildman–Crippen LogP) is 3.08. The van der Waals surface area contributed by atoms with Crippen LogP contribution in [0.2, 0.25) is 0 Å². The first-order valence-corrected chi connectivity index (χ1v) is 12.8. The van der Waals surface area contributed by atoms with Gasteiger partial charge < -0.3 is 9.88 Å². The van der Waals surface area contributed by atoms with Crippen LogP contribution in [-0.2, 0) is 23.5 Å². The molecule has 0 unspecified atom stereocenters. The smallest absolute Gasteiger partial charge is 0.256 e. The summed E-state index contributed by atoms with van der Waals surface area (Å²) in [6.07, 6.45) is 5.87. The number of aryl methyl sites for hydroxylation is 1. The number of nitrogens with zero attached hydrogens (tertiary/aromatic N) is 2. The van der Waals surface area contributed by atoms with Gasteiger partial charge >= 0.3 is 0 Å². The Morgan fingerprint density at radius 2 is 1.70 bits per heavy atom. The predicted molar refractivity (Wildman–Crippen MR) is 129 cm³/mol. The van der Waals surface area contributed by atoms with Crippen LogP contribution in [0.25, 0.3) is 10.9 Å². The van der Waals surface area contributed by atoms with Crippen molar-refractivity contribution in [3.05, 3.63) is 76.1 Å². The molecule has 1 saturated heterocycles. The normalized spacial score (nSPS) is 15.3. The number of rotatable bonds is 6. The summed E-state index contributed by atoms with van der Waals surface area (Å²) >= 11 is 0. The van der Waals surface area contributed by atoms with Gasteiger partial charge in [-0.2, -0.15) is 4.31 Å². The van der Waals surface area contributed by atoms with E-state index in [9.17, 15) is 18.0 Å². The number of carbonyl (C=O) groups excluding carboxylic acids is 1. The van der Waals surface area contributed by atoms with Crippen LogP contribution in [0.5, 0.6) is 0 Å². The number of aromatic nitrogens is 1. The lowest BCUT2D eigenvalue weighted by atomic mass is 10.1. The maximum atomic E-state index is 13.2. The van der Waals surface area contributed by atoms with Gasteiger partial charge in [-0.25, -0.2) is 8.42 Å². The number of hydrogen-bond donors (Lipinski definition) is 1. The lowest BCUT2D eigenvalue weighted by Gasteiger charge is -2.20. The van der Waals surface area contributed by atoms with Crippen molar-refractivity contribution in [1.29, 1.82) is 0 Å². The summed E-state index contributed by atoms with van der Waals surface area (Å²) in [7, 11) is -1.96. The zero-order valence-electron chi connectivity index (χ0n) is 18.8. The average Bonchev–Trinajstić information content (AvgIpc) is 3.12. The van der Waals surface area contributed by atoms with E-state index in [4.69, 9.17) is 0 Å². The third-order valence-corrected chi connectivity index (χ3v) is 8.04. The van der Waals surface area contributed by atoms with Crippen LogP contribution in [0, 0.1) is 0 Å². The lowest BCUT2D eigenvalue weighted by Crippen LogP contribution is -2.32. The Morgan fingerprint density at radius 1 is 1.00 bits per heavy atom. The second kappa shape index (κ2) is 9.89. The van der Waals surface area contributed by atoms with E-state index in [-0.39, 0.29) is 15.8 Å². The molecule has 7 nitrogen and oxygen atoms in total. The van der Waals surface area contributed by atoms with Crippen LogP contribution in [0.4, 0.5) is 0 Å². The molecular weight excluding hydrogens is 438 g/mol. The van der Waals surface area contributed by atoms with Crippen LogP contribution in [0.1, 0.15) is 41.6 Å². The van der Waals surface area contributed by atoms with Crippen molar-refractivity contribution in [2.24, 2.45) is 7.05 Å². The SMILES string of the molecule is Cn1cc(C(=O)NCCc2ccccc2)c(=O)c2cc(S(=O)(=O)N3CCCCCC3)ccc21. The Kier molecular flexibility index (Phi) is 6.95. The van der Waals surface area contributed by atoms with E-state index >= 15 is 0 Å². The topological polar surface area (TPSA) is 88.5 Å². The summed E-state index contributed by atoms with van der Waals surface area (Å²) in [5.74, 6) is -0.464. The number of nitrogens with one attached hydrogen (secondary N) is 1. The maximum absolute atomic E-state index is 13.2. The Labute approximate surface area is 194 Å². The fourth-order valence-corrected chi connectivity index (χ4v) is 5.83. The van der Waals surface area contributed by atoms with Crippen molar-refractivity contribution in [2.45, 2.75) is 37.0 Å². The second-order valence-electron chi connectivity index (χ2n) is 8.47. The number of fused-ring (bicyclic) bond motifs is 1. The van der Waals surface area contributed by atoms with Crippen molar-refractivity contribution in [1.82, 2.24) is 14.2 Å². The van der Waals surface area contributed by atoms with Crippen molar-refractivity contribution in [3.63, 3.8) is 0 Å². The standard InChI is InChI=1S/C25H29N3O4S/c1-27-18-22(25(30)26-14-13-19-9-5-4-6-10-19)24(29)21-17-20(11-12-23(21)27)33(31,32)28-15-7-2-3-8-16-28/h4-6,9-12,17-18H,2-3,7-8,13-16H2,1H3,(H,26,30). The molecule has 2 heterocycles. The number of amides is 1. The molecule has 174 valence electrons. The number of sulfonamides is 1. The summed E-state index contributed by atoms with van der Waals surface area (Å²) in [6.45, 7) is 1.37. The minimum absolute atomic E-state index is 0.00221. The van der Waals surface area contributed by atoms with Gasteiger partial charge in [-0.1, -0.05) is 43.2 Å². The molecule has 33 heavy (non-hydrogen) atoms. The summed E-state index contributed by atoms with van der Waals surface area (Å²) in [5.41, 5.74) is 1.21. The zero-order valence-corrected chi connectivity index (χ0v) is 19.6. The van der Waals surface area contributed by atoms with Crippen LogP contribution in [0.3, 0.4) is 0 Å². The zero-order chi connectivity index (χ0) is 23.4. The molecule has 1 N–H and O–H groups in total. The van der Waals surface area contributed by atoms with Crippen molar-refractivity contribution in [2.75, 3.05) is 19.6 Å². The molecule has 8 heteroatoms. The molecule has 0 saturated carbocycles. The highest BCUT2D eigenvalue weighted by molar-refractivity contribution is 7.89. The molecule has 1 aliphatic heterocycles. The van der Waals surface area contributed by atoms with E-state index in [1.54, 1.807) is 23.7 Å². The Balaban J connectivity index is 1.62. The summed E-state index contributed by atoms with van der Waals surface area (Å²) in [6, 6.07) is 14.4. The molecule has 3 aromatic rings. The van der Waals surface area contributed by atoms with Crippen molar-refractivity contribution < 1.29 is 13.2 Å². The highest BCUT2D eigenvalue weighted by atomic mass is 32.2. The molecule has 1 aliphatic rings. The molecule has 1 amide bonds. The van der Waals surface area contributed by atoms with E-state index < -0.39 is 21.4 Å². The quantitative estimate of drug-likeness (QED) is 0.603. The van der Waals surface area contributed by atoms with Gasteiger partial charge in [0.2, 0.25) is 15.5 Å². The number of hydrogen-bond acceptors (Lipinski definition) is 4. The average molecular weight is 468 g/mol. The first-order chi connectivity index (χ1) is 15.9. The molecule has 0 bridgehead atoms. The Morgan fingerprint density at radius 3 is 2.39 bits per heavy atom. The summed E-state index contributed by atoms with van der Waals surface area (Å²) in [4.78, 5) is 26.0. The molecule has 0 atom stereocenters. The van der Waals surface area contributed by atoms with Crippen molar-refractivity contribution >= 4 is 26.8 Å². The van der Waals surface area contributed by atoms with Gasteiger partial charge in [-0.3, -0.25) is 9.59 Å². The largest absolute Gasteiger partial charge is 0.352 e. The molecule has 0 radical (unpaired) electrons.